The smallest absolute Gasteiger partial charge is 0.238 e. The summed E-state index contributed by atoms with van der Waals surface area (Å²) in [6, 6.07) is 50.6. The molecule has 11 aromatic rings. The number of pyridine rings is 1. The Bertz CT molecular complexity index is 3110. The van der Waals surface area contributed by atoms with Crippen molar-refractivity contribution in [1.82, 2.24) is 24.1 Å². The van der Waals surface area contributed by atoms with Crippen molar-refractivity contribution in [2.45, 2.75) is 0 Å². The predicted molar refractivity (Wildman–Crippen MR) is 199 cm³/mol. The minimum absolute atomic E-state index is 0.556. The summed E-state index contributed by atoms with van der Waals surface area (Å²) in [6.07, 6.45) is 1.85. The number of aromatic nitrogens is 5. The molecule has 0 aliphatic carbocycles. The molecular weight excluding hydrogens is 603 g/mol. The van der Waals surface area contributed by atoms with Crippen LogP contribution < -0.4 is 0 Å². The van der Waals surface area contributed by atoms with Crippen molar-refractivity contribution in [3.8, 4) is 23.0 Å². The minimum Gasteiger partial charge on any atom is -0.437 e. The van der Waals surface area contributed by atoms with E-state index in [1.807, 2.05) is 36.5 Å². The van der Waals surface area contributed by atoms with Crippen molar-refractivity contribution >= 4 is 76.5 Å². The van der Waals surface area contributed by atoms with Crippen LogP contribution in [0.4, 0.5) is 0 Å². The van der Waals surface area contributed by atoms with Crippen LogP contribution in [0.3, 0.4) is 0 Å². The number of hydrogen-bond acceptors (Lipinski definition) is 4. The first-order valence-electron chi connectivity index (χ1n) is 16.4. The Balaban J connectivity index is 1.29. The molecule has 6 nitrogen and oxygen atoms in total. The second-order valence-corrected chi connectivity index (χ2v) is 12.5. The molecule has 0 bridgehead atoms. The maximum Gasteiger partial charge on any atom is 0.238 e. The Morgan fingerprint density at radius 3 is 2.08 bits per heavy atom. The first-order valence-corrected chi connectivity index (χ1v) is 16.4. The molecule has 49 heavy (non-hydrogen) atoms. The average molecular weight is 628 g/mol. The molecule has 0 N–H and O–H groups in total. The fourth-order valence-electron chi connectivity index (χ4n) is 7.71. The summed E-state index contributed by atoms with van der Waals surface area (Å²) in [4.78, 5) is 15.4. The molecule has 11 rings (SSSR count). The van der Waals surface area contributed by atoms with E-state index in [1.165, 1.54) is 16.2 Å². The molecule has 6 heteroatoms. The van der Waals surface area contributed by atoms with Crippen molar-refractivity contribution in [3.05, 3.63) is 152 Å². The van der Waals surface area contributed by atoms with Gasteiger partial charge in [0.05, 0.1) is 33.1 Å². The third-order valence-corrected chi connectivity index (χ3v) is 9.80. The van der Waals surface area contributed by atoms with Crippen molar-refractivity contribution in [2.24, 2.45) is 0 Å². The van der Waals surface area contributed by atoms with Gasteiger partial charge in [-0.05, 0) is 53.2 Å². The van der Waals surface area contributed by atoms with Gasteiger partial charge in [-0.2, -0.15) is 4.98 Å². The van der Waals surface area contributed by atoms with E-state index in [2.05, 4.69) is 124 Å². The van der Waals surface area contributed by atoms with Gasteiger partial charge in [0.1, 0.15) is 11.4 Å². The van der Waals surface area contributed by atoms with E-state index >= 15 is 0 Å². The summed E-state index contributed by atoms with van der Waals surface area (Å²) in [5.41, 5.74) is 7.43. The van der Waals surface area contributed by atoms with E-state index in [1.54, 1.807) is 0 Å². The number of hydrogen-bond donors (Lipinski definition) is 0. The van der Waals surface area contributed by atoms with Gasteiger partial charge in [0.2, 0.25) is 11.7 Å². The predicted octanol–water partition coefficient (Wildman–Crippen LogP) is 10.8. The molecule has 0 spiro atoms. The molecule has 0 aliphatic heterocycles. The molecular formula is C43H25N5O. The summed E-state index contributed by atoms with van der Waals surface area (Å²) in [6.45, 7) is 0. The summed E-state index contributed by atoms with van der Waals surface area (Å²) in [5, 5.41) is 8.83. The van der Waals surface area contributed by atoms with Gasteiger partial charge in [-0.3, -0.25) is 9.13 Å². The van der Waals surface area contributed by atoms with Crippen LogP contribution in [0.5, 0.6) is 0 Å². The van der Waals surface area contributed by atoms with Gasteiger partial charge >= 0.3 is 0 Å². The molecule has 228 valence electrons. The van der Waals surface area contributed by atoms with Crippen LogP contribution in [0.1, 0.15) is 0 Å². The molecule has 0 saturated carbocycles. The highest BCUT2D eigenvalue weighted by molar-refractivity contribution is 6.26. The minimum atomic E-state index is 0.556. The van der Waals surface area contributed by atoms with Gasteiger partial charge in [0.15, 0.2) is 0 Å². The molecule has 0 unspecified atom stereocenters. The number of rotatable bonds is 3. The van der Waals surface area contributed by atoms with Gasteiger partial charge < -0.3 is 4.42 Å². The van der Waals surface area contributed by atoms with Gasteiger partial charge in [0, 0.05) is 38.7 Å². The van der Waals surface area contributed by atoms with Crippen molar-refractivity contribution in [3.63, 3.8) is 0 Å². The zero-order valence-electron chi connectivity index (χ0n) is 26.1. The van der Waals surface area contributed by atoms with Crippen molar-refractivity contribution in [2.75, 3.05) is 0 Å². The third-order valence-electron chi connectivity index (χ3n) is 9.80. The Labute approximate surface area is 279 Å². The summed E-state index contributed by atoms with van der Waals surface area (Å²) in [5.74, 6) is 1.43. The second kappa shape index (κ2) is 9.86. The largest absolute Gasteiger partial charge is 0.437 e. The van der Waals surface area contributed by atoms with E-state index in [-0.39, 0.29) is 0 Å². The highest BCUT2D eigenvalue weighted by Gasteiger charge is 2.24. The zero-order valence-corrected chi connectivity index (χ0v) is 26.1. The lowest BCUT2D eigenvalue weighted by Crippen LogP contribution is -2.03. The van der Waals surface area contributed by atoms with Gasteiger partial charge in [-0.1, -0.05) is 103 Å². The quantitative estimate of drug-likeness (QED) is 0.196. The Hall–Kier alpha value is -6.79. The highest BCUT2D eigenvalue weighted by Crippen LogP contribution is 2.42. The van der Waals surface area contributed by atoms with E-state index in [0.29, 0.717) is 11.7 Å². The summed E-state index contributed by atoms with van der Waals surface area (Å²) >= 11 is 0. The lowest BCUT2D eigenvalue weighted by atomic mass is 10.0. The highest BCUT2D eigenvalue weighted by atomic mass is 16.3. The van der Waals surface area contributed by atoms with E-state index in [9.17, 15) is 0 Å². The molecule has 0 aliphatic rings. The number of furan rings is 1. The van der Waals surface area contributed by atoms with Gasteiger partial charge in [-0.25, -0.2) is 9.97 Å². The number of benzene rings is 6. The molecule has 5 aromatic heterocycles. The first-order chi connectivity index (χ1) is 24.3. The van der Waals surface area contributed by atoms with Gasteiger partial charge in [0.25, 0.3) is 0 Å². The van der Waals surface area contributed by atoms with Crippen LogP contribution >= 0.6 is 0 Å². The SMILES string of the molecule is c1ccc(-n2c3ccccc3c3ccc4c(c5ccccc5n4-c4nc(-c5ccc6ccccc6c5)c5c(n4)oc4ccccc45)c32)nc1. The van der Waals surface area contributed by atoms with Crippen molar-refractivity contribution < 1.29 is 4.42 Å². The molecule has 0 saturated heterocycles. The molecule has 5 heterocycles. The van der Waals surface area contributed by atoms with Crippen LogP contribution in [0, 0.1) is 0 Å². The monoisotopic (exact) mass is 627 g/mol. The topological polar surface area (TPSA) is 61.7 Å². The average Bonchev–Trinajstić information content (AvgIpc) is 3.82. The molecule has 0 atom stereocenters. The number of para-hydroxylation sites is 3. The van der Waals surface area contributed by atoms with Gasteiger partial charge in [-0.15, -0.1) is 0 Å². The maximum absolute atomic E-state index is 6.48. The van der Waals surface area contributed by atoms with Crippen molar-refractivity contribution in [1.29, 1.82) is 0 Å². The van der Waals surface area contributed by atoms with Crippen LogP contribution in [0.25, 0.3) is 99.5 Å². The second-order valence-electron chi connectivity index (χ2n) is 12.5. The lowest BCUT2D eigenvalue weighted by molar-refractivity contribution is 0.651. The normalized spacial score (nSPS) is 12.1. The number of fused-ring (bicyclic) bond motifs is 11. The lowest BCUT2D eigenvalue weighted by Gasteiger charge is -2.11. The van der Waals surface area contributed by atoms with E-state index in [0.717, 1.165) is 71.7 Å². The van der Waals surface area contributed by atoms with E-state index in [4.69, 9.17) is 19.4 Å². The fourth-order valence-corrected chi connectivity index (χ4v) is 7.71. The third kappa shape index (κ3) is 3.68. The standard InChI is InChI=1S/C43H25N5O/c1-2-12-27-25-28(21-20-26(27)11-1)40-39-32-15-5-8-18-36(32)49-42(39)46-43(45-40)47-34-17-7-4-14-31(34)38-35(47)23-22-30-29-13-3-6-16-33(29)48(41(30)38)37-19-9-10-24-44-37/h1-25H. The molecule has 6 aromatic carbocycles. The summed E-state index contributed by atoms with van der Waals surface area (Å²) in [7, 11) is 0. The van der Waals surface area contributed by atoms with Crippen LogP contribution in [0.15, 0.2) is 156 Å². The Kier molecular flexibility index (Phi) is 5.29. The zero-order chi connectivity index (χ0) is 32.1. The van der Waals surface area contributed by atoms with Crippen LogP contribution in [0.2, 0.25) is 0 Å². The van der Waals surface area contributed by atoms with Crippen LogP contribution in [-0.2, 0) is 0 Å². The number of nitrogens with zero attached hydrogens (tertiary/aromatic N) is 5. The Morgan fingerprint density at radius 2 is 1.22 bits per heavy atom. The molecule has 0 fully saturated rings. The maximum atomic E-state index is 6.48. The van der Waals surface area contributed by atoms with Crippen LogP contribution in [-0.4, -0.2) is 24.1 Å². The van der Waals surface area contributed by atoms with E-state index < -0.39 is 0 Å². The first kappa shape index (κ1) is 26.3. The summed E-state index contributed by atoms with van der Waals surface area (Å²) < 4.78 is 10.9. The Morgan fingerprint density at radius 1 is 0.490 bits per heavy atom. The molecule has 0 amide bonds. The molecule has 0 radical (unpaired) electrons. The fraction of sp³-hybridized carbons (Fsp3) is 0.